The van der Waals surface area contributed by atoms with E-state index in [1.807, 2.05) is 30.3 Å². The molecule has 1 aliphatic carbocycles. The van der Waals surface area contributed by atoms with Gasteiger partial charge in [0.05, 0.1) is 25.9 Å². The molecule has 3 nitrogen and oxygen atoms in total. The molecule has 0 aromatic heterocycles. The molecule has 4 rings (SSSR count). The Kier molecular flexibility index (Phi) is 7.30. The summed E-state index contributed by atoms with van der Waals surface area (Å²) in [4.78, 5) is 0. The van der Waals surface area contributed by atoms with Gasteiger partial charge in [0, 0.05) is 6.61 Å². The van der Waals surface area contributed by atoms with E-state index < -0.39 is 0 Å². The Balaban J connectivity index is 1.23. The lowest BCUT2D eigenvalue weighted by molar-refractivity contribution is 0.0348. The molecule has 0 saturated heterocycles. The fraction of sp³-hybridized carbons (Fsp3) is 0.333. The van der Waals surface area contributed by atoms with Crippen molar-refractivity contribution in [2.75, 3.05) is 6.61 Å². The Morgan fingerprint density at radius 3 is 2.30 bits per heavy atom. The Hall–Kier alpha value is -2.46. The van der Waals surface area contributed by atoms with Crippen LogP contribution in [0.25, 0.3) is 11.1 Å². The minimum absolute atomic E-state index is 0.0838. The summed E-state index contributed by atoms with van der Waals surface area (Å²) in [5.41, 5.74) is 5.82. The van der Waals surface area contributed by atoms with Crippen LogP contribution in [0.2, 0.25) is 0 Å². The van der Waals surface area contributed by atoms with Crippen molar-refractivity contribution in [1.29, 1.82) is 0 Å². The fourth-order valence-corrected chi connectivity index (χ4v) is 4.17. The van der Waals surface area contributed by atoms with Gasteiger partial charge in [0.2, 0.25) is 0 Å². The maximum absolute atomic E-state index is 9.12. The zero-order chi connectivity index (χ0) is 20.6. The van der Waals surface area contributed by atoms with E-state index in [4.69, 9.17) is 14.6 Å². The molecule has 0 heterocycles. The average molecular weight is 403 g/mol. The van der Waals surface area contributed by atoms with E-state index in [0.29, 0.717) is 25.2 Å². The van der Waals surface area contributed by atoms with Crippen LogP contribution in [-0.2, 0) is 29.3 Å². The van der Waals surface area contributed by atoms with E-state index in [9.17, 15) is 0 Å². The number of hydrogen-bond acceptors (Lipinski definition) is 3. The molecule has 30 heavy (non-hydrogen) atoms. The molecule has 0 aliphatic heterocycles. The molecule has 0 unspecified atom stereocenters. The quantitative estimate of drug-likeness (QED) is 0.495. The summed E-state index contributed by atoms with van der Waals surface area (Å²) in [6.07, 6.45) is 3.64. The van der Waals surface area contributed by atoms with E-state index in [2.05, 4.69) is 48.5 Å². The molecular formula is C27H30O3. The van der Waals surface area contributed by atoms with Crippen molar-refractivity contribution in [3.8, 4) is 11.1 Å². The summed E-state index contributed by atoms with van der Waals surface area (Å²) in [6.45, 7) is 2.14. The molecule has 2 atom stereocenters. The van der Waals surface area contributed by atoms with Crippen LogP contribution in [0.5, 0.6) is 0 Å². The number of hydrogen-bond donors (Lipinski definition) is 1. The predicted octanol–water partition coefficient (Wildman–Crippen LogP) is 5.75. The van der Waals surface area contributed by atoms with Crippen molar-refractivity contribution in [3.05, 3.63) is 95.6 Å². The molecule has 0 amide bonds. The number of rotatable bonds is 9. The lowest BCUT2D eigenvalue weighted by atomic mass is 10.0. The van der Waals surface area contributed by atoms with Gasteiger partial charge in [-0.1, -0.05) is 78.9 Å². The van der Waals surface area contributed by atoms with Crippen molar-refractivity contribution in [3.63, 3.8) is 0 Å². The van der Waals surface area contributed by atoms with E-state index in [1.54, 1.807) is 0 Å². The Morgan fingerprint density at radius 1 is 0.767 bits per heavy atom. The summed E-state index contributed by atoms with van der Waals surface area (Å²) in [6, 6.07) is 27.0. The third kappa shape index (κ3) is 5.57. The van der Waals surface area contributed by atoms with Gasteiger partial charge in [-0.25, -0.2) is 0 Å². The average Bonchev–Trinajstić information content (AvgIpc) is 3.27. The molecule has 0 bridgehead atoms. The molecule has 0 radical (unpaired) electrons. The minimum Gasteiger partial charge on any atom is -0.392 e. The molecule has 156 valence electrons. The molecular weight excluding hydrogens is 372 g/mol. The molecule has 1 N–H and O–H groups in total. The highest BCUT2D eigenvalue weighted by atomic mass is 16.5. The van der Waals surface area contributed by atoms with Crippen LogP contribution in [-0.4, -0.2) is 17.8 Å². The summed E-state index contributed by atoms with van der Waals surface area (Å²) >= 11 is 0. The van der Waals surface area contributed by atoms with Gasteiger partial charge in [-0.2, -0.15) is 0 Å². The first kappa shape index (κ1) is 20.8. The Bertz CT molecular complexity index is 905. The van der Waals surface area contributed by atoms with Gasteiger partial charge in [0.1, 0.15) is 0 Å². The second-order valence-electron chi connectivity index (χ2n) is 8.13. The maximum atomic E-state index is 9.12. The second-order valence-corrected chi connectivity index (χ2v) is 8.13. The van der Waals surface area contributed by atoms with Gasteiger partial charge in [-0.3, -0.25) is 0 Å². The second kappa shape index (κ2) is 10.5. The zero-order valence-electron chi connectivity index (χ0n) is 17.4. The first-order valence-electron chi connectivity index (χ1n) is 10.8. The summed E-state index contributed by atoms with van der Waals surface area (Å²) < 4.78 is 12.2. The highest BCUT2D eigenvalue weighted by molar-refractivity contribution is 5.67. The molecule has 3 aromatic carbocycles. The zero-order valence-corrected chi connectivity index (χ0v) is 17.4. The highest BCUT2D eigenvalue weighted by Gasteiger charge is 2.25. The first-order chi connectivity index (χ1) is 14.8. The fourth-order valence-electron chi connectivity index (χ4n) is 4.17. The number of aliphatic hydroxyl groups excluding tert-OH is 1. The van der Waals surface area contributed by atoms with E-state index in [0.717, 1.165) is 37.0 Å². The van der Waals surface area contributed by atoms with Gasteiger partial charge >= 0.3 is 0 Å². The van der Waals surface area contributed by atoms with Gasteiger partial charge in [-0.15, -0.1) is 0 Å². The van der Waals surface area contributed by atoms with Gasteiger partial charge in [0.25, 0.3) is 0 Å². The third-order valence-corrected chi connectivity index (χ3v) is 5.90. The van der Waals surface area contributed by atoms with Crippen molar-refractivity contribution < 1.29 is 14.6 Å². The SMILES string of the molecule is OCc1ccc(COC[C@H]2CC[C@H](OCc3ccccc3-c3ccccc3)C2)cc1. The lowest BCUT2D eigenvalue weighted by Gasteiger charge is -2.15. The lowest BCUT2D eigenvalue weighted by Crippen LogP contribution is -2.11. The Morgan fingerprint density at radius 2 is 1.50 bits per heavy atom. The third-order valence-electron chi connectivity index (χ3n) is 5.90. The summed E-state index contributed by atoms with van der Waals surface area (Å²) in [5, 5.41) is 9.12. The number of aliphatic hydroxyl groups is 1. The van der Waals surface area contributed by atoms with Gasteiger partial charge in [0.15, 0.2) is 0 Å². The largest absolute Gasteiger partial charge is 0.392 e. The number of benzene rings is 3. The molecule has 3 aromatic rings. The van der Waals surface area contributed by atoms with Crippen molar-refractivity contribution in [2.24, 2.45) is 5.92 Å². The predicted molar refractivity (Wildman–Crippen MR) is 120 cm³/mol. The first-order valence-corrected chi connectivity index (χ1v) is 10.8. The van der Waals surface area contributed by atoms with Crippen LogP contribution >= 0.6 is 0 Å². The molecule has 1 fully saturated rings. The van der Waals surface area contributed by atoms with Crippen molar-refractivity contribution >= 4 is 0 Å². The summed E-state index contributed by atoms with van der Waals surface area (Å²) in [5.74, 6) is 0.566. The Labute approximate surface area is 179 Å². The van der Waals surface area contributed by atoms with Crippen molar-refractivity contribution in [1.82, 2.24) is 0 Å². The van der Waals surface area contributed by atoms with Crippen LogP contribution in [0.3, 0.4) is 0 Å². The van der Waals surface area contributed by atoms with Crippen LogP contribution in [0.15, 0.2) is 78.9 Å². The topological polar surface area (TPSA) is 38.7 Å². The normalized spacial score (nSPS) is 18.6. The van der Waals surface area contributed by atoms with Gasteiger partial charge in [-0.05, 0) is 53.0 Å². The van der Waals surface area contributed by atoms with Crippen LogP contribution in [0, 0.1) is 5.92 Å². The highest BCUT2D eigenvalue weighted by Crippen LogP contribution is 2.30. The molecule has 1 saturated carbocycles. The van der Waals surface area contributed by atoms with E-state index >= 15 is 0 Å². The van der Waals surface area contributed by atoms with Crippen molar-refractivity contribution in [2.45, 2.75) is 45.2 Å². The smallest absolute Gasteiger partial charge is 0.0726 e. The monoisotopic (exact) mass is 402 g/mol. The molecule has 0 spiro atoms. The van der Waals surface area contributed by atoms with Gasteiger partial charge < -0.3 is 14.6 Å². The molecule has 3 heteroatoms. The minimum atomic E-state index is 0.0838. The van der Waals surface area contributed by atoms with E-state index in [1.165, 1.54) is 16.7 Å². The van der Waals surface area contributed by atoms with Crippen LogP contribution in [0.1, 0.15) is 36.0 Å². The van der Waals surface area contributed by atoms with Crippen LogP contribution in [0.4, 0.5) is 0 Å². The van der Waals surface area contributed by atoms with Crippen LogP contribution < -0.4 is 0 Å². The summed E-state index contributed by atoms with van der Waals surface area (Å²) in [7, 11) is 0. The molecule has 1 aliphatic rings. The maximum Gasteiger partial charge on any atom is 0.0726 e. The van der Waals surface area contributed by atoms with E-state index in [-0.39, 0.29) is 6.61 Å². The standard InChI is InChI=1S/C27H30O3/c28-17-21-10-12-22(13-11-21)18-29-19-23-14-15-26(16-23)30-20-25-8-4-5-9-27(25)24-6-2-1-3-7-24/h1-13,23,26,28H,14-20H2/t23-,26-/m0/s1. The number of ether oxygens (including phenoxy) is 2.